The van der Waals surface area contributed by atoms with Crippen LogP contribution in [0.1, 0.15) is 63.4 Å². The Morgan fingerprint density at radius 2 is 2.00 bits per heavy atom. The quantitative estimate of drug-likeness (QED) is 0.534. The smallest absolute Gasteiger partial charge is 0.220 e. The molecule has 1 aromatic carbocycles. The molecule has 0 radical (unpaired) electrons. The van der Waals surface area contributed by atoms with Crippen LogP contribution in [0.5, 0.6) is 0 Å². The number of rotatable bonds is 9. The molecule has 0 heterocycles. The maximum atomic E-state index is 12.8. The molecule has 0 aromatic heterocycles. The Labute approximate surface area is 172 Å². The van der Waals surface area contributed by atoms with Crippen molar-refractivity contribution in [3.63, 3.8) is 0 Å². The van der Waals surface area contributed by atoms with Crippen LogP contribution in [0.15, 0.2) is 30.9 Å². The molecule has 1 unspecified atom stereocenters. The van der Waals surface area contributed by atoms with Crippen LogP contribution in [0, 0.1) is 5.92 Å². The summed E-state index contributed by atoms with van der Waals surface area (Å²) in [7, 11) is 0. The number of halogens is 2. The first-order valence-electron chi connectivity index (χ1n) is 9.93. The SMILES string of the molecule is C=CCC(CO)(CCC(=O)NC1(C2CC2)CCCC1)c1ccc(Cl)c(Cl)c1. The monoisotopic (exact) mass is 409 g/mol. The van der Waals surface area contributed by atoms with Gasteiger partial charge < -0.3 is 10.4 Å². The molecule has 0 saturated heterocycles. The van der Waals surface area contributed by atoms with E-state index in [-0.39, 0.29) is 18.1 Å². The van der Waals surface area contributed by atoms with E-state index in [1.807, 2.05) is 6.07 Å². The first kappa shape index (κ1) is 20.7. The van der Waals surface area contributed by atoms with Gasteiger partial charge in [0.25, 0.3) is 0 Å². The number of aliphatic hydroxyl groups is 1. The molecular weight excluding hydrogens is 381 g/mol. The van der Waals surface area contributed by atoms with E-state index in [2.05, 4.69) is 11.9 Å². The van der Waals surface area contributed by atoms with Crippen molar-refractivity contribution in [1.29, 1.82) is 0 Å². The minimum absolute atomic E-state index is 0.0287. The largest absolute Gasteiger partial charge is 0.395 e. The highest BCUT2D eigenvalue weighted by Crippen LogP contribution is 2.48. The van der Waals surface area contributed by atoms with E-state index in [0.717, 1.165) is 18.4 Å². The Morgan fingerprint density at radius 1 is 1.30 bits per heavy atom. The highest BCUT2D eigenvalue weighted by Gasteiger charge is 2.47. The van der Waals surface area contributed by atoms with E-state index in [1.165, 1.54) is 25.7 Å². The molecule has 1 aromatic rings. The van der Waals surface area contributed by atoms with Gasteiger partial charge in [-0.25, -0.2) is 0 Å². The zero-order chi connectivity index (χ0) is 19.5. The van der Waals surface area contributed by atoms with E-state index in [0.29, 0.717) is 35.2 Å². The summed E-state index contributed by atoms with van der Waals surface area (Å²) in [5, 5.41) is 14.5. The van der Waals surface area contributed by atoms with E-state index in [4.69, 9.17) is 23.2 Å². The molecule has 0 spiro atoms. The summed E-state index contributed by atoms with van der Waals surface area (Å²) < 4.78 is 0. The zero-order valence-electron chi connectivity index (χ0n) is 15.8. The lowest BCUT2D eigenvalue weighted by molar-refractivity contribution is -0.123. The molecule has 2 aliphatic rings. The minimum Gasteiger partial charge on any atom is -0.395 e. The van der Waals surface area contributed by atoms with Crippen molar-refractivity contribution in [3.05, 3.63) is 46.5 Å². The summed E-state index contributed by atoms with van der Waals surface area (Å²) in [6.45, 7) is 3.77. The molecule has 27 heavy (non-hydrogen) atoms. The van der Waals surface area contributed by atoms with Crippen molar-refractivity contribution in [2.75, 3.05) is 6.61 Å². The van der Waals surface area contributed by atoms with Crippen molar-refractivity contribution in [1.82, 2.24) is 5.32 Å². The van der Waals surface area contributed by atoms with Crippen LogP contribution in [0.25, 0.3) is 0 Å². The van der Waals surface area contributed by atoms with Gasteiger partial charge in [0.1, 0.15) is 0 Å². The molecule has 148 valence electrons. The fourth-order valence-corrected chi connectivity index (χ4v) is 4.97. The van der Waals surface area contributed by atoms with Crippen LogP contribution in [0.3, 0.4) is 0 Å². The molecule has 3 rings (SSSR count). The number of carbonyl (C=O) groups is 1. The molecule has 1 amide bonds. The van der Waals surface area contributed by atoms with Gasteiger partial charge in [-0.05, 0) is 62.1 Å². The fraction of sp³-hybridized carbons (Fsp3) is 0.591. The van der Waals surface area contributed by atoms with Gasteiger partial charge >= 0.3 is 0 Å². The fourth-order valence-electron chi connectivity index (χ4n) is 4.67. The molecule has 5 heteroatoms. The van der Waals surface area contributed by atoms with Gasteiger partial charge in [0.05, 0.1) is 16.7 Å². The average molecular weight is 410 g/mol. The van der Waals surface area contributed by atoms with E-state index in [1.54, 1.807) is 18.2 Å². The van der Waals surface area contributed by atoms with Crippen molar-refractivity contribution in [3.8, 4) is 0 Å². The summed E-state index contributed by atoms with van der Waals surface area (Å²) in [6, 6.07) is 5.42. The topological polar surface area (TPSA) is 49.3 Å². The van der Waals surface area contributed by atoms with Crippen LogP contribution in [-0.4, -0.2) is 23.2 Å². The number of nitrogens with one attached hydrogen (secondary N) is 1. The third-order valence-electron chi connectivity index (χ3n) is 6.44. The third-order valence-corrected chi connectivity index (χ3v) is 7.18. The maximum absolute atomic E-state index is 12.8. The summed E-state index contributed by atoms with van der Waals surface area (Å²) >= 11 is 12.2. The molecule has 2 N–H and O–H groups in total. The molecule has 2 fully saturated rings. The number of aliphatic hydroxyl groups excluding tert-OH is 1. The Kier molecular flexibility index (Phi) is 6.55. The Hall–Kier alpha value is -1.03. The molecule has 1 atom stereocenters. The summed E-state index contributed by atoms with van der Waals surface area (Å²) in [5.41, 5.74) is 0.348. The number of hydrogen-bond donors (Lipinski definition) is 2. The number of amides is 1. The molecule has 3 nitrogen and oxygen atoms in total. The van der Waals surface area contributed by atoms with Gasteiger partial charge in [-0.1, -0.05) is 48.2 Å². The zero-order valence-corrected chi connectivity index (χ0v) is 17.3. The Morgan fingerprint density at radius 3 is 2.56 bits per heavy atom. The van der Waals surface area contributed by atoms with Gasteiger partial charge in [0, 0.05) is 17.4 Å². The van der Waals surface area contributed by atoms with Crippen LogP contribution in [0.2, 0.25) is 10.0 Å². The van der Waals surface area contributed by atoms with Gasteiger partial charge in [0.2, 0.25) is 5.91 Å². The van der Waals surface area contributed by atoms with Crippen LogP contribution < -0.4 is 5.32 Å². The van der Waals surface area contributed by atoms with Crippen LogP contribution in [0.4, 0.5) is 0 Å². The molecule has 2 saturated carbocycles. The second-order valence-corrected chi connectivity index (χ2v) is 9.06. The van der Waals surface area contributed by atoms with Crippen molar-refractivity contribution < 1.29 is 9.90 Å². The van der Waals surface area contributed by atoms with E-state index < -0.39 is 5.41 Å². The second-order valence-electron chi connectivity index (χ2n) is 8.25. The lowest BCUT2D eigenvalue weighted by Gasteiger charge is -2.34. The number of allylic oxidation sites excluding steroid dienone is 1. The third kappa shape index (κ3) is 4.52. The predicted molar refractivity (Wildman–Crippen MR) is 111 cm³/mol. The van der Waals surface area contributed by atoms with Gasteiger partial charge in [0.15, 0.2) is 0 Å². The summed E-state index contributed by atoms with van der Waals surface area (Å²) in [6.07, 6.45) is 10.4. The van der Waals surface area contributed by atoms with Gasteiger partial charge in [-0.3, -0.25) is 4.79 Å². The van der Waals surface area contributed by atoms with E-state index >= 15 is 0 Å². The Balaban J connectivity index is 1.71. The van der Waals surface area contributed by atoms with Crippen LogP contribution >= 0.6 is 23.2 Å². The molecule has 0 bridgehead atoms. The highest BCUT2D eigenvalue weighted by molar-refractivity contribution is 6.42. The highest BCUT2D eigenvalue weighted by atomic mass is 35.5. The van der Waals surface area contributed by atoms with Crippen molar-refractivity contribution in [2.24, 2.45) is 5.92 Å². The van der Waals surface area contributed by atoms with Crippen molar-refractivity contribution >= 4 is 29.1 Å². The van der Waals surface area contributed by atoms with Gasteiger partial charge in [-0.15, -0.1) is 6.58 Å². The van der Waals surface area contributed by atoms with Crippen molar-refractivity contribution in [2.45, 2.75) is 68.7 Å². The average Bonchev–Trinajstić information content (AvgIpc) is 3.42. The first-order chi connectivity index (χ1) is 12.9. The number of hydrogen-bond acceptors (Lipinski definition) is 2. The number of carbonyl (C=O) groups excluding carboxylic acids is 1. The summed E-state index contributed by atoms with van der Waals surface area (Å²) in [5.74, 6) is 0.751. The summed E-state index contributed by atoms with van der Waals surface area (Å²) in [4.78, 5) is 12.8. The predicted octanol–water partition coefficient (Wildman–Crippen LogP) is 5.42. The van der Waals surface area contributed by atoms with Crippen LogP contribution in [-0.2, 0) is 10.2 Å². The Bertz CT molecular complexity index is 696. The molecule has 2 aliphatic carbocycles. The minimum atomic E-state index is -0.574. The first-order valence-corrected chi connectivity index (χ1v) is 10.7. The lowest BCUT2D eigenvalue weighted by atomic mass is 9.74. The molecule has 0 aliphatic heterocycles. The molecular formula is C22H29Cl2NO2. The maximum Gasteiger partial charge on any atom is 0.220 e. The number of benzene rings is 1. The normalized spacial score (nSPS) is 20.9. The second kappa shape index (κ2) is 8.55. The standard InChI is InChI=1S/C22H29Cl2NO2/c1-2-10-21(15-26,17-7-8-18(23)19(24)14-17)13-9-20(27)25-22(16-5-6-16)11-3-4-12-22/h2,7-8,14,16,26H,1,3-6,9-13,15H2,(H,25,27). The van der Waals surface area contributed by atoms with Gasteiger partial charge in [-0.2, -0.15) is 0 Å². The van der Waals surface area contributed by atoms with E-state index in [9.17, 15) is 9.90 Å². The lowest BCUT2D eigenvalue weighted by Crippen LogP contribution is -2.48.